The number of piperazine rings is 1. The number of hydrogen-bond donors (Lipinski definition) is 1. The molecular formula is C14H21N5O2S2. The van der Waals surface area contributed by atoms with Crippen molar-refractivity contribution in [2.75, 3.05) is 36.8 Å². The largest absolute Gasteiger partial charge is 0.369 e. The highest BCUT2D eigenvalue weighted by atomic mass is 32.2. The number of carbonyl (C=O) groups excluding carboxylic acids is 2. The zero-order valence-electron chi connectivity index (χ0n) is 12.9. The predicted molar refractivity (Wildman–Crippen MR) is 90.6 cm³/mol. The number of primary amides is 1. The molecule has 2 amide bonds. The first kappa shape index (κ1) is 16.5. The van der Waals surface area contributed by atoms with Crippen molar-refractivity contribution in [2.45, 2.75) is 30.0 Å². The van der Waals surface area contributed by atoms with Crippen LogP contribution in [0, 0.1) is 5.92 Å². The summed E-state index contributed by atoms with van der Waals surface area (Å²) in [5.74, 6) is 0.445. The molecular weight excluding hydrogens is 334 g/mol. The Kier molecular flexibility index (Phi) is 5.37. The quantitative estimate of drug-likeness (QED) is 0.791. The van der Waals surface area contributed by atoms with E-state index in [9.17, 15) is 9.59 Å². The van der Waals surface area contributed by atoms with E-state index in [2.05, 4.69) is 15.1 Å². The lowest BCUT2D eigenvalue weighted by Crippen LogP contribution is -2.50. The number of anilines is 1. The van der Waals surface area contributed by atoms with Crippen molar-refractivity contribution < 1.29 is 9.59 Å². The van der Waals surface area contributed by atoms with Gasteiger partial charge < -0.3 is 15.5 Å². The maximum absolute atomic E-state index is 12.4. The molecule has 1 aromatic rings. The predicted octanol–water partition coefficient (Wildman–Crippen LogP) is 0.954. The van der Waals surface area contributed by atoms with Crippen LogP contribution in [0.15, 0.2) is 4.34 Å². The molecule has 0 spiro atoms. The summed E-state index contributed by atoms with van der Waals surface area (Å²) in [5.41, 5.74) is 5.13. The van der Waals surface area contributed by atoms with Gasteiger partial charge in [0.1, 0.15) is 0 Å². The van der Waals surface area contributed by atoms with E-state index < -0.39 is 0 Å². The van der Waals surface area contributed by atoms with Crippen LogP contribution >= 0.6 is 23.1 Å². The van der Waals surface area contributed by atoms with E-state index in [1.165, 1.54) is 35.9 Å². The minimum Gasteiger partial charge on any atom is -0.369 e. The Morgan fingerprint density at radius 3 is 2.52 bits per heavy atom. The summed E-state index contributed by atoms with van der Waals surface area (Å²) in [5, 5.41) is 9.12. The Labute approximate surface area is 143 Å². The van der Waals surface area contributed by atoms with Gasteiger partial charge in [-0.2, -0.15) is 0 Å². The summed E-state index contributed by atoms with van der Waals surface area (Å²) >= 11 is 2.79. The second-order valence-electron chi connectivity index (χ2n) is 5.90. The lowest BCUT2D eigenvalue weighted by atomic mass is 10.1. The minimum absolute atomic E-state index is 0.221. The molecule has 126 valence electrons. The third-order valence-corrected chi connectivity index (χ3v) is 6.44. The van der Waals surface area contributed by atoms with Gasteiger partial charge in [-0.1, -0.05) is 35.9 Å². The average molecular weight is 355 g/mol. The van der Waals surface area contributed by atoms with E-state index in [4.69, 9.17) is 5.73 Å². The molecule has 1 saturated heterocycles. The second-order valence-corrected chi connectivity index (χ2v) is 8.08. The summed E-state index contributed by atoms with van der Waals surface area (Å²) in [6, 6.07) is 0. The molecule has 0 unspecified atom stereocenters. The molecule has 9 heteroatoms. The van der Waals surface area contributed by atoms with E-state index in [1.807, 2.05) is 4.90 Å². The van der Waals surface area contributed by atoms with Crippen LogP contribution in [0.4, 0.5) is 5.13 Å². The number of nitrogens with two attached hydrogens (primary N) is 1. The number of nitrogens with zero attached hydrogens (tertiary/aromatic N) is 4. The van der Waals surface area contributed by atoms with Crippen molar-refractivity contribution >= 4 is 40.0 Å². The Bertz CT molecular complexity index is 565. The number of carbonyl (C=O) groups is 2. The van der Waals surface area contributed by atoms with Crippen molar-refractivity contribution in [1.82, 2.24) is 15.1 Å². The molecule has 7 nitrogen and oxygen atoms in total. The van der Waals surface area contributed by atoms with Gasteiger partial charge in [0.15, 0.2) is 4.34 Å². The number of thioether (sulfide) groups is 1. The fourth-order valence-corrected chi connectivity index (χ4v) is 4.70. The molecule has 1 aromatic heterocycles. The number of amides is 2. The first-order valence-electron chi connectivity index (χ1n) is 7.92. The van der Waals surface area contributed by atoms with Gasteiger partial charge in [0.25, 0.3) is 0 Å². The van der Waals surface area contributed by atoms with Crippen LogP contribution in [0.5, 0.6) is 0 Å². The van der Waals surface area contributed by atoms with Crippen LogP contribution in [-0.2, 0) is 9.59 Å². The van der Waals surface area contributed by atoms with Crippen molar-refractivity contribution in [3.63, 3.8) is 0 Å². The maximum atomic E-state index is 12.4. The Hall–Kier alpha value is -1.35. The highest BCUT2D eigenvalue weighted by Crippen LogP contribution is 2.30. The summed E-state index contributed by atoms with van der Waals surface area (Å²) in [6.07, 6.45) is 4.48. The van der Waals surface area contributed by atoms with Gasteiger partial charge in [-0.05, 0) is 12.8 Å². The minimum atomic E-state index is -0.356. The molecule has 1 aliphatic carbocycles. The van der Waals surface area contributed by atoms with Gasteiger partial charge >= 0.3 is 0 Å². The van der Waals surface area contributed by atoms with E-state index in [-0.39, 0.29) is 17.6 Å². The van der Waals surface area contributed by atoms with Gasteiger partial charge in [-0.25, -0.2) is 0 Å². The van der Waals surface area contributed by atoms with Gasteiger partial charge in [-0.15, -0.1) is 10.2 Å². The van der Waals surface area contributed by atoms with Crippen molar-refractivity contribution in [3.05, 3.63) is 0 Å². The molecule has 23 heavy (non-hydrogen) atoms. The number of aromatic nitrogens is 2. The van der Waals surface area contributed by atoms with E-state index in [0.717, 1.165) is 48.5 Å². The van der Waals surface area contributed by atoms with Gasteiger partial charge in [0, 0.05) is 32.1 Å². The van der Waals surface area contributed by atoms with Crippen molar-refractivity contribution in [1.29, 1.82) is 0 Å². The van der Waals surface area contributed by atoms with Gasteiger partial charge in [0.05, 0.1) is 5.75 Å². The topological polar surface area (TPSA) is 92.4 Å². The van der Waals surface area contributed by atoms with Crippen molar-refractivity contribution in [3.8, 4) is 0 Å². The lowest BCUT2D eigenvalue weighted by Gasteiger charge is -2.35. The zero-order valence-corrected chi connectivity index (χ0v) is 14.6. The highest BCUT2D eigenvalue weighted by molar-refractivity contribution is 8.01. The SMILES string of the molecule is NC(=O)CSc1nnc(N2CCN(C(=O)C3CCCC3)CC2)s1. The van der Waals surface area contributed by atoms with Gasteiger partial charge in [0.2, 0.25) is 16.9 Å². The standard InChI is InChI=1S/C14H21N5O2S2/c15-11(20)9-22-14-17-16-13(23-14)19-7-5-18(6-8-19)12(21)10-3-1-2-4-10/h10H,1-9H2,(H2,15,20). The molecule has 1 aliphatic heterocycles. The van der Waals surface area contributed by atoms with Crippen LogP contribution in [0.25, 0.3) is 0 Å². The van der Waals surface area contributed by atoms with Crippen LogP contribution < -0.4 is 10.6 Å². The van der Waals surface area contributed by atoms with E-state index in [1.54, 1.807) is 0 Å². The fraction of sp³-hybridized carbons (Fsp3) is 0.714. The smallest absolute Gasteiger partial charge is 0.227 e. The average Bonchev–Trinajstić information content (AvgIpc) is 3.24. The summed E-state index contributed by atoms with van der Waals surface area (Å²) < 4.78 is 0.753. The molecule has 0 aromatic carbocycles. The van der Waals surface area contributed by atoms with E-state index in [0.29, 0.717) is 5.91 Å². The van der Waals surface area contributed by atoms with Gasteiger partial charge in [-0.3, -0.25) is 9.59 Å². The molecule has 1 saturated carbocycles. The monoisotopic (exact) mass is 355 g/mol. The molecule has 2 N–H and O–H groups in total. The maximum Gasteiger partial charge on any atom is 0.227 e. The van der Waals surface area contributed by atoms with Crippen LogP contribution in [-0.4, -0.2) is 58.8 Å². The normalized spacial score (nSPS) is 19.3. The zero-order chi connectivity index (χ0) is 16.2. The van der Waals surface area contributed by atoms with Crippen molar-refractivity contribution in [2.24, 2.45) is 11.7 Å². The highest BCUT2D eigenvalue weighted by Gasteiger charge is 2.30. The first-order valence-corrected chi connectivity index (χ1v) is 9.72. The third-order valence-electron chi connectivity index (χ3n) is 4.30. The lowest BCUT2D eigenvalue weighted by molar-refractivity contribution is -0.135. The first-order chi connectivity index (χ1) is 11.1. The molecule has 0 bridgehead atoms. The molecule has 2 fully saturated rings. The van der Waals surface area contributed by atoms with E-state index >= 15 is 0 Å². The molecule has 3 rings (SSSR count). The molecule has 2 aliphatic rings. The Balaban J connectivity index is 1.50. The van der Waals surface area contributed by atoms with Crippen LogP contribution in [0.1, 0.15) is 25.7 Å². The summed E-state index contributed by atoms with van der Waals surface area (Å²) in [4.78, 5) is 27.4. The molecule has 0 radical (unpaired) electrons. The number of hydrogen-bond acceptors (Lipinski definition) is 7. The Morgan fingerprint density at radius 1 is 1.17 bits per heavy atom. The number of rotatable bonds is 5. The van der Waals surface area contributed by atoms with Crippen LogP contribution in [0.3, 0.4) is 0 Å². The summed E-state index contributed by atoms with van der Waals surface area (Å²) in [6.45, 7) is 3.07. The second kappa shape index (κ2) is 7.48. The summed E-state index contributed by atoms with van der Waals surface area (Å²) in [7, 11) is 0. The van der Waals surface area contributed by atoms with Crippen LogP contribution in [0.2, 0.25) is 0 Å². The Morgan fingerprint density at radius 2 is 1.87 bits per heavy atom. The third kappa shape index (κ3) is 4.14. The molecule has 2 heterocycles. The fourth-order valence-electron chi connectivity index (χ4n) is 3.07. The molecule has 0 atom stereocenters.